The second-order valence-electron chi connectivity index (χ2n) is 8.08. The summed E-state index contributed by atoms with van der Waals surface area (Å²) in [5.41, 5.74) is 4.20. The predicted molar refractivity (Wildman–Crippen MR) is 135 cm³/mol. The number of hydrazine groups is 1. The summed E-state index contributed by atoms with van der Waals surface area (Å²) < 4.78 is 5.54. The van der Waals surface area contributed by atoms with Gasteiger partial charge in [0.15, 0.2) is 0 Å². The molecular weight excluding hydrogens is 440 g/mol. The van der Waals surface area contributed by atoms with E-state index in [1.165, 1.54) is 0 Å². The summed E-state index contributed by atoms with van der Waals surface area (Å²) in [5.74, 6) is 0.494. The van der Waals surface area contributed by atoms with Crippen LogP contribution in [0.2, 0.25) is 0 Å². The van der Waals surface area contributed by atoms with Crippen molar-refractivity contribution in [1.29, 1.82) is 0 Å². The van der Waals surface area contributed by atoms with Gasteiger partial charge >= 0.3 is 0 Å². The van der Waals surface area contributed by atoms with E-state index in [9.17, 15) is 4.79 Å². The van der Waals surface area contributed by atoms with Gasteiger partial charge in [0.05, 0.1) is 31.0 Å². The zero-order valence-corrected chi connectivity index (χ0v) is 19.2. The number of para-hydroxylation sites is 1. The van der Waals surface area contributed by atoms with Crippen LogP contribution in [0.1, 0.15) is 5.69 Å². The topological polar surface area (TPSA) is 83.5 Å². The molecule has 1 aliphatic heterocycles. The summed E-state index contributed by atoms with van der Waals surface area (Å²) >= 11 is 0. The summed E-state index contributed by atoms with van der Waals surface area (Å²) in [6, 6.07) is 25.2. The standard InChI is InChI=1S/C27H26N6O2/c34-26(20-23-6-4-5-14-28-23)30-22-11-9-21(10-12-22)25-13-15-29-27(31-25)33(24-7-2-1-3-8-24)32-16-18-35-19-17-32/h1-15H,16-20H2,(H,30,34). The van der Waals surface area contributed by atoms with Crippen LogP contribution in [0.4, 0.5) is 17.3 Å². The second-order valence-corrected chi connectivity index (χ2v) is 8.08. The van der Waals surface area contributed by atoms with Gasteiger partial charge in [-0.15, -0.1) is 0 Å². The molecule has 8 nitrogen and oxygen atoms in total. The zero-order chi connectivity index (χ0) is 23.9. The van der Waals surface area contributed by atoms with Crippen molar-refractivity contribution < 1.29 is 9.53 Å². The minimum Gasteiger partial charge on any atom is -0.379 e. The van der Waals surface area contributed by atoms with Crippen LogP contribution in [0.25, 0.3) is 11.3 Å². The molecule has 4 aromatic rings. The van der Waals surface area contributed by atoms with Crippen molar-refractivity contribution in [3.63, 3.8) is 0 Å². The maximum Gasteiger partial charge on any atom is 0.245 e. The van der Waals surface area contributed by atoms with Gasteiger partial charge in [0.2, 0.25) is 11.9 Å². The van der Waals surface area contributed by atoms with Gasteiger partial charge in [-0.3, -0.25) is 9.78 Å². The van der Waals surface area contributed by atoms with Crippen molar-refractivity contribution in [3.05, 3.63) is 97.0 Å². The highest BCUT2D eigenvalue weighted by atomic mass is 16.5. The molecular formula is C27H26N6O2. The Kier molecular flexibility index (Phi) is 7.02. The maximum atomic E-state index is 12.4. The molecule has 0 radical (unpaired) electrons. The average molecular weight is 467 g/mol. The quantitative estimate of drug-likeness (QED) is 0.439. The van der Waals surface area contributed by atoms with Crippen LogP contribution in [-0.2, 0) is 16.0 Å². The molecule has 0 atom stereocenters. The van der Waals surface area contributed by atoms with E-state index in [0.29, 0.717) is 19.2 Å². The number of carbonyl (C=O) groups is 1. The first-order chi connectivity index (χ1) is 17.3. The molecule has 2 aromatic heterocycles. The highest BCUT2D eigenvalue weighted by molar-refractivity contribution is 5.92. The molecule has 3 heterocycles. The van der Waals surface area contributed by atoms with Crippen molar-refractivity contribution in [2.75, 3.05) is 36.6 Å². The number of anilines is 3. The highest BCUT2D eigenvalue weighted by Crippen LogP contribution is 2.27. The fraction of sp³-hybridized carbons (Fsp3) is 0.185. The van der Waals surface area contributed by atoms with Gasteiger partial charge in [-0.1, -0.05) is 36.4 Å². The monoisotopic (exact) mass is 466 g/mol. The molecule has 0 bridgehead atoms. The van der Waals surface area contributed by atoms with Gasteiger partial charge in [0.25, 0.3) is 0 Å². The molecule has 1 saturated heterocycles. The van der Waals surface area contributed by atoms with Crippen molar-refractivity contribution in [2.45, 2.75) is 6.42 Å². The smallest absolute Gasteiger partial charge is 0.245 e. The molecule has 0 aliphatic carbocycles. The van der Waals surface area contributed by atoms with E-state index in [2.05, 4.69) is 25.3 Å². The molecule has 0 saturated carbocycles. The third-order valence-corrected chi connectivity index (χ3v) is 5.64. The number of nitrogens with zero attached hydrogens (tertiary/aromatic N) is 5. The molecule has 1 N–H and O–H groups in total. The Morgan fingerprint density at radius 2 is 1.66 bits per heavy atom. The van der Waals surface area contributed by atoms with E-state index >= 15 is 0 Å². The fourth-order valence-electron chi connectivity index (χ4n) is 3.94. The average Bonchev–Trinajstić information content (AvgIpc) is 2.91. The minimum atomic E-state index is -0.107. The molecule has 5 rings (SSSR count). The Morgan fingerprint density at radius 1 is 0.886 bits per heavy atom. The van der Waals surface area contributed by atoms with Crippen LogP contribution in [0.3, 0.4) is 0 Å². The van der Waals surface area contributed by atoms with Crippen LogP contribution in [0.15, 0.2) is 91.3 Å². The van der Waals surface area contributed by atoms with E-state index in [0.717, 1.165) is 41.4 Å². The zero-order valence-electron chi connectivity index (χ0n) is 19.2. The number of nitrogens with one attached hydrogen (secondary N) is 1. The summed E-state index contributed by atoms with van der Waals surface area (Å²) in [6.07, 6.45) is 3.69. The van der Waals surface area contributed by atoms with E-state index in [-0.39, 0.29) is 12.3 Å². The first-order valence-corrected chi connectivity index (χ1v) is 11.6. The van der Waals surface area contributed by atoms with Crippen LogP contribution < -0.4 is 10.3 Å². The molecule has 1 fully saturated rings. The highest BCUT2D eigenvalue weighted by Gasteiger charge is 2.23. The molecule has 1 amide bonds. The lowest BCUT2D eigenvalue weighted by atomic mass is 10.1. The number of benzene rings is 2. The number of aromatic nitrogens is 3. The SMILES string of the molecule is O=C(Cc1ccccn1)Nc1ccc(-c2ccnc(N(c3ccccc3)N3CCOCC3)n2)cc1. The lowest BCUT2D eigenvalue weighted by Gasteiger charge is -2.37. The predicted octanol–water partition coefficient (Wildman–Crippen LogP) is 4.11. The van der Waals surface area contributed by atoms with Gasteiger partial charge in [-0.25, -0.2) is 20.0 Å². The van der Waals surface area contributed by atoms with Crippen LogP contribution in [0.5, 0.6) is 0 Å². The van der Waals surface area contributed by atoms with Gasteiger partial charge < -0.3 is 10.1 Å². The molecule has 176 valence electrons. The Hall–Kier alpha value is -4.14. The number of carbonyl (C=O) groups excluding carboxylic acids is 1. The van der Waals surface area contributed by atoms with Crippen LogP contribution in [0, 0.1) is 0 Å². The molecule has 0 spiro atoms. The number of rotatable bonds is 7. The van der Waals surface area contributed by atoms with Crippen molar-refractivity contribution in [1.82, 2.24) is 20.0 Å². The van der Waals surface area contributed by atoms with E-state index in [1.807, 2.05) is 78.9 Å². The third-order valence-electron chi connectivity index (χ3n) is 5.64. The number of amides is 1. The van der Waals surface area contributed by atoms with Crippen molar-refractivity contribution >= 4 is 23.2 Å². The number of hydrogen-bond donors (Lipinski definition) is 1. The summed E-state index contributed by atoms with van der Waals surface area (Å²) in [5, 5.41) is 7.19. The van der Waals surface area contributed by atoms with E-state index in [1.54, 1.807) is 12.4 Å². The molecule has 8 heteroatoms. The van der Waals surface area contributed by atoms with Gasteiger partial charge in [0.1, 0.15) is 0 Å². The fourth-order valence-corrected chi connectivity index (χ4v) is 3.94. The first-order valence-electron chi connectivity index (χ1n) is 11.6. The Bertz CT molecular complexity index is 1250. The van der Waals surface area contributed by atoms with E-state index in [4.69, 9.17) is 9.72 Å². The maximum absolute atomic E-state index is 12.4. The van der Waals surface area contributed by atoms with Gasteiger partial charge in [-0.05, 0) is 42.5 Å². The number of pyridine rings is 1. The van der Waals surface area contributed by atoms with Crippen molar-refractivity contribution in [2.24, 2.45) is 0 Å². The Labute approximate surface area is 204 Å². The number of ether oxygens (including phenoxy) is 1. The van der Waals surface area contributed by atoms with Crippen molar-refractivity contribution in [3.8, 4) is 11.3 Å². The lowest BCUT2D eigenvalue weighted by Crippen LogP contribution is -2.47. The van der Waals surface area contributed by atoms with Gasteiger partial charge in [0, 0.05) is 42.4 Å². The Balaban J connectivity index is 1.34. The summed E-state index contributed by atoms with van der Waals surface area (Å²) in [4.78, 5) is 26.0. The lowest BCUT2D eigenvalue weighted by molar-refractivity contribution is -0.115. The number of morpholine rings is 1. The second kappa shape index (κ2) is 10.9. The van der Waals surface area contributed by atoms with Crippen LogP contribution in [-0.4, -0.2) is 52.2 Å². The summed E-state index contributed by atoms with van der Waals surface area (Å²) in [6.45, 7) is 2.85. The minimum absolute atomic E-state index is 0.107. The third kappa shape index (κ3) is 5.68. The first kappa shape index (κ1) is 22.6. The van der Waals surface area contributed by atoms with Crippen LogP contribution >= 0.6 is 0 Å². The molecule has 35 heavy (non-hydrogen) atoms. The normalized spacial score (nSPS) is 13.8. The largest absolute Gasteiger partial charge is 0.379 e. The Morgan fingerprint density at radius 3 is 2.40 bits per heavy atom. The molecule has 2 aromatic carbocycles. The molecule has 0 unspecified atom stereocenters. The molecule has 1 aliphatic rings. The van der Waals surface area contributed by atoms with Gasteiger partial charge in [-0.2, -0.15) is 0 Å². The van der Waals surface area contributed by atoms with E-state index < -0.39 is 0 Å². The summed E-state index contributed by atoms with van der Waals surface area (Å²) in [7, 11) is 0. The number of hydrogen-bond acceptors (Lipinski definition) is 7.